The maximum atomic E-state index is 12.6. The second-order valence-corrected chi connectivity index (χ2v) is 2.54. The van der Waals surface area contributed by atoms with Gasteiger partial charge in [-0.1, -0.05) is 0 Å². The molecule has 0 aliphatic carbocycles. The van der Waals surface area contributed by atoms with Crippen LogP contribution in [0.5, 0.6) is 0 Å². The predicted octanol–water partition coefficient (Wildman–Crippen LogP) is 1.72. The molecule has 0 bridgehead atoms. The van der Waals surface area contributed by atoms with E-state index in [4.69, 9.17) is 5.73 Å². The Bertz CT molecular complexity index is 162. The summed E-state index contributed by atoms with van der Waals surface area (Å²) in [4.78, 5) is 0. The molecule has 0 aliphatic rings. The van der Waals surface area contributed by atoms with Gasteiger partial charge < -0.3 is 5.73 Å². The normalized spacial score (nSPS) is 13.6. The van der Waals surface area contributed by atoms with Gasteiger partial charge in [-0.25, -0.2) is 4.39 Å². The SMILES string of the molecule is NCC(F)c1ccsc1. The standard InChI is InChI=1S/C6H8FNS/c7-6(3-8)5-1-2-9-4-5/h1-2,4,6H,3,8H2. The summed E-state index contributed by atoms with van der Waals surface area (Å²) in [6.45, 7) is 0.0801. The Hall–Kier alpha value is -0.410. The van der Waals surface area contributed by atoms with E-state index in [0.29, 0.717) is 5.56 Å². The quantitative estimate of drug-likeness (QED) is 0.673. The fraction of sp³-hybridized carbons (Fsp3) is 0.333. The molecule has 1 atom stereocenters. The van der Waals surface area contributed by atoms with Crippen molar-refractivity contribution in [1.29, 1.82) is 0 Å². The van der Waals surface area contributed by atoms with Crippen molar-refractivity contribution in [3.8, 4) is 0 Å². The Kier molecular flexibility index (Phi) is 2.19. The van der Waals surface area contributed by atoms with Gasteiger partial charge in [0.1, 0.15) is 6.17 Å². The fourth-order valence-electron chi connectivity index (χ4n) is 0.589. The molecule has 1 aromatic rings. The van der Waals surface area contributed by atoms with Crippen molar-refractivity contribution in [2.24, 2.45) is 5.73 Å². The highest BCUT2D eigenvalue weighted by molar-refractivity contribution is 7.07. The molecule has 0 radical (unpaired) electrons. The van der Waals surface area contributed by atoms with Crippen LogP contribution in [0.15, 0.2) is 16.8 Å². The van der Waals surface area contributed by atoms with Crippen LogP contribution in [-0.4, -0.2) is 6.54 Å². The van der Waals surface area contributed by atoms with Crippen LogP contribution in [0.1, 0.15) is 11.7 Å². The third-order valence-corrected chi connectivity index (χ3v) is 1.81. The van der Waals surface area contributed by atoms with E-state index >= 15 is 0 Å². The number of halogens is 1. The van der Waals surface area contributed by atoms with Gasteiger partial charge in [-0.15, -0.1) is 0 Å². The van der Waals surface area contributed by atoms with E-state index in [-0.39, 0.29) is 6.54 Å². The summed E-state index contributed by atoms with van der Waals surface area (Å²) in [5.74, 6) is 0. The number of alkyl halides is 1. The summed E-state index contributed by atoms with van der Waals surface area (Å²) in [5.41, 5.74) is 5.79. The minimum absolute atomic E-state index is 0.0801. The van der Waals surface area contributed by atoms with E-state index in [1.54, 1.807) is 11.4 Å². The molecule has 0 aromatic carbocycles. The third-order valence-electron chi connectivity index (χ3n) is 1.11. The average Bonchev–Trinajstić information content (AvgIpc) is 2.37. The Balaban J connectivity index is 2.65. The summed E-state index contributed by atoms with van der Waals surface area (Å²) in [5, 5.41) is 3.62. The molecule has 0 saturated heterocycles. The van der Waals surface area contributed by atoms with E-state index in [1.165, 1.54) is 11.3 Å². The lowest BCUT2D eigenvalue weighted by Crippen LogP contribution is -2.06. The number of rotatable bonds is 2. The molecule has 1 rings (SSSR count). The van der Waals surface area contributed by atoms with Crippen molar-refractivity contribution >= 4 is 11.3 Å². The van der Waals surface area contributed by atoms with E-state index in [2.05, 4.69) is 0 Å². The molecule has 1 unspecified atom stereocenters. The topological polar surface area (TPSA) is 26.0 Å². The summed E-state index contributed by atoms with van der Waals surface area (Å²) in [7, 11) is 0. The molecule has 50 valence electrons. The molecule has 1 nitrogen and oxygen atoms in total. The van der Waals surface area contributed by atoms with E-state index < -0.39 is 6.17 Å². The maximum Gasteiger partial charge on any atom is 0.138 e. The summed E-state index contributed by atoms with van der Waals surface area (Å²) >= 11 is 1.49. The van der Waals surface area contributed by atoms with Gasteiger partial charge in [-0.2, -0.15) is 11.3 Å². The average molecular weight is 145 g/mol. The smallest absolute Gasteiger partial charge is 0.138 e. The zero-order valence-corrected chi connectivity index (χ0v) is 5.70. The molecule has 0 saturated carbocycles. The van der Waals surface area contributed by atoms with Gasteiger partial charge in [0.05, 0.1) is 0 Å². The minimum Gasteiger partial charge on any atom is -0.327 e. The van der Waals surface area contributed by atoms with Gasteiger partial charge in [0, 0.05) is 6.54 Å². The van der Waals surface area contributed by atoms with Crippen molar-refractivity contribution in [2.75, 3.05) is 6.54 Å². The molecule has 0 aliphatic heterocycles. The van der Waals surface area contributed by atoms with E-state index in [0.717, 1.165) is 0 Å². The predicted molar refractivity (Wildman–Crippen MR) is 37.2 cm³/mol. The van der Waals surface area contributed by atoms with Crippen LogP contribution in [0.2, 0.25) is 0 Å². The molecule has 1 heterocycles. The first-order valence-electron chi connectivity index (χ1n) is 2.71. The minimum atomic E-state index is -0.976. The zero-order chi connectivity index (χ0) is 6.69. The van der Waals surface area contributed by atoms with Gasteiger partial charge in [-0.3, -0.25) is 0 Å². The lowest BCUT2D eigenvalue weighted by molar-refractivity contribution is 0.354. The van der Waals surface area contributed by atoms with Crippen LogP contribution in [0.3, 0.4) is 0 Å². The summed E-state index contributed by atoms with van der Waals surface area (Å²) in [6, 6.07) is 1.75. The Morgan fingerprint density at radius 2 is 2.56 bits per heavy atom. The first-order chi connectivity index (χ1) is 4.34. The van der Waals surface area contributed by atoms with Crippen LogP contribution in [0.25, 0.3) is 0 Å². The number of nitrogens with two attached hydrogens (primary N) is 1. The third kappa shape index (κ3) is 1.50. The summed E-state index contributed by atoms with van der Waals surface area (Å²) < 4.78 is 12.6. The molecule has 0 spiro atoms. The zero-order valence-electron chi connectivity index (χ0n) is 4.88. The second kappa shape index (κ2) is 2.94. The van der Waals surface area contributed by atoms with Gasteiger partial charge in [-0.05, 0) is 22.4 Å². The van der Waals surface area contributed by atoms with Crippen molar-refractivity contribution in [3.63, 3.8) is 0 Å². The van der Waals surface area contributed by atoms with Crippen LogP contribution in [0, 0.1) is 0 Å². The van der Waals surface area contributed by atoms with E-state index in [1.807, 2.05) is 5.38 Å². The Morgan fingerprint density at radius 3 is 3.00 bits per heavy atom. The molecule has 0 amide bonds. The highest BCUT2D eigenvalue weighted by Gasteiger charge is 2.05. The number of hydrogen-bond acceptors (Lipinski definition) is 2. The van der Waals surface area contributed by atoms with Gasteiger partial charge in [0.25, 0.3) is 0 Å². The maximum absolute atomic E-state index is 12.6. The van der Waals surface area contributed by atoms with Crippen molar-refractivity contribution in [1.82, 2.24) is 0 Å². The fourth-order valence-corrected chi connectivity index (χ4v) is 1.29. The van der Waals surface area contributed by atoms with Gasteiger partial charge >= 0.3 is 0 Å². The van der Waals surface area contributed by atoms with Crippen molar-refractivity contribution < 1.29 is 4.39 Å². The van der Waals surface area contributed by atoms with Crippen molar-refractivity contribution in [3.05, 3.63) is 22.4 Å². The van der Waals surface area contributed by atoms with E-state index in [9.17, 15) is 4.39 Å². The Labute approximate surface area is 57.3 Å². The molecule has 1 aromatic heterocycles. The Morgan fingerprint density at radius 1 is 1.78 bits per heavy atom. The monoisotopic (exact) mass is 145 g/mol. The van der Waals surface area contributed by atoms with Crippen LogP contribution in [0.4, 0.5) is 4.39 Å². The molecule has 0 fully saturated rings. The number of thiophene rings is 1. The van der Waals surface area contributed by atoms with Gasteiger partial charge in [0.15, 0.2) is 0 Å². The number of hydrogen-bond donors (Lipinski definition) is 1. The summed E-state index contributed by atoms with van der Waals surface area (Å²) in [6.07, 6.45) is -0.976. The van der Waals surface area contributed by atoms with Crippen LogP contribution in [-0.2, 0) is 0 Å². The molecular weight excluding hydrogens is 137 g/mol. The highest BCUT2D eigenvalue weighted by Crippen LogP contribution is 2.17. The van der Waals surface area contributed by atoms with Crippen molar-refractivity contribution in [2.45, 2.75) is 6.17 Å². The molecule has 9 heavy (non-hydrogen) atoms. The highest BCUT2D eigenvalue weighted by atomic mass is 32.1. The molecular formula is C6H8FNS. The molecule has 2 N–H and O–H groups in total. The largest absolute Gasteiger partial charge is 0.327 e. The lowest BCUT2D eigenvalue weighted by Gasteiger charge is -1.98. The van der Waals surface area contributed by atoms with Gasteiger partial charge in [0.2, 0.25) is 0 Å². The second-order valence-electron chi connectivity index (χ2n) is 1.76. The molecule has 3 heteroatoms. The van der Waals surface area contributed by atoms with Crippen LogP contribution >= 0.6 is 11.3 Å². The first kappa shape index (κ1) is 6.71. The first-order valence-corrected chi connectivity index (χ1v) is 3.65. The van der Waals surface area contributed by atoms with Crippen LogP contribution < -0.4 is 5.73 Å². The lowest BCUT2D eigenvalue weighted by atomic mass is 10.2.